The Bertz CT molecular complexity index is 217. The second kappa shape index (κ2) is 6.17. The number of nitrogens with one attached hydrogen (secondary N) is 1. The van der Waals surface area contributed by atoms with Gasteiger partial charge in [-0.3, -0.25) is 0 Å². The largest absolute Gasteiger partial charge is 0.381 e. The van der Waals surface area contributed by atoms with Gasteiger partial charge in [0.2, 0.25) is 0 Å². The molecule has 1 unspecified atom stereocenters. The molecule has 0 bridgehead atoms. The lowest BCUT2D eigenvalue weighted by Crippen LogP contribution is -2.48. The van der Waals surface area contributed by atoms with Crippen LogP contribution in [0.25, 0.3) is 0 Å². The monoisotopic (exact) mass is 242 g/mol. The maximum Gasteiger partial charge on any atom is 0.0483 e. The minimum atomic E-state index is 0.264. The molecule has 0 aromatic rings. The van der Waals surface area contributed by atoms with Gasteiger partial charge in [-0.1, -0.05) is 20.8 Å². The molecule has 0 saturated carbocycles. The minimum absolute atomic E-state index is 0.264. The van der Waals surface area contributed by atoms with Crippen LogP contribution in [0.15, 0.2) is 0 Å². The van der Waals surface area contributed by atoms with Gasteiger partial charge in [-0.25, -0.2) is 0 Å². The lowest BCUT2D eigenvalue weighted by atomic mass is 9.87. The van der Waals surface area contributed by atoms with Crippen LogP contribution in [0.1, 0.15) is 53.4 Å². The first kappa shape index (κ1) is 14.9. The fourth-order valence-corrected chi connectivity index (χ4v) is 2.45. The summed E-state index contributed by atoms with van der Waals surface area (Å²) < 4.78 is 5.39. The Hall–Kier alpha value is -0.120. The molecule has 0 amide bonds. The molecular formula is C14H30N2O. The van der Waals surface area contributed by atoms with Gasteiger partial charge >= 0.3 is 0 Å². The smallest absolute Gasteiger partial charge is 0.0483 e. The van der Waals surface area contributed by atoms with E-state index in [0.717, 1.165) is 45.4 Å². The fourth-order valence-electron chi connectivity index (χ4n) is 2.45. The Balaban J connectivity index is 2.18. The summed E-state index contributed by atoms with van der Waals surface area (Å²) in [5.74, 6) is 0. The van der Waals surface area contributed by atoms with Crippen LogP contribution in [0.4, 0.5) is 0 Å². The highest BCUT2D eigenvalue weighted by Gasteiger charge is 2.26. The highest BCUT2D eigenvalue weighted by atomic mass is 16.5. The quantitative estimate of drug-likeness (QED) is 0.777. The van der Waals surface area contributed by atoms with Crippen molar-refractivity contribution in [3.05, 3.63) is 0 Å². The van der Waals surface area contributed by atoms with E-state index in [1.165, 1.54) is 0 Å². The van der Waals surface area contributed by atoms with Crippen LogP contribution < -0.4 is 11.1 Å². The number of nitrogens with two attached hydrogens (primary N) is 1. The third-order valence-corrected chi connectivity index (χ3v) is 3.54. The molecule has 102 valence electrons. The third-order valence-electron chi connectivity index (χ3n) is 3.54. The molecule has 3 heteroatoms. The van der Waals surface area contributed by atoms with Crippen LogP contribution in [-0.2, 0) is 4.74 Å². The number of rotatable bonds is 5. The molecular weight excluding hydrogens is 212 g/mol. The Morgan fingerprint density at radius 1 is 1.29 bits per heavy atom. The highest BCUT2D eigenvalue weighted by molar-refractivity contribution is 4.85. The average molecular weight is 242 g/mol. The van der Waals surface area contributed by atoms with Crippen molar-refractivity contribution in [2.45, 2.75) is 65.0 Å². The van der Waals surface area contributed by atoms with Gasteiger partial charge in [0.05, 0.1) is 0 Å². The van der Waals surface area contributed by atoms with Crippen molar-refractivity contribution >= 4 is 0 Å². The van der Waals surface area contributed by atoms with Crippen LogP contribution in [0.5, 0.6) is 0 Å². The first-order valence-corrected chi connectivity index (χ1v) is 6.89. The molecule has 1 saturated heterocycles. The summed E-state index contributed by atoms with van der Waals surface area (Å²) in [5, 5.41) is 3.65. The molecule has 0 aliphatic carbocycles. The Morgan fingerprint density at radius 3 is 2.41 bits per heavy atom. The molecule has 1 aliphatic rings. The molecule has 0 aromatic heterocycles. The van der Waals surface area contributed by atoms with Crippen LogP contribution in [0.2, 0.25) is 0 Å². The van der Waals surface area contributed by atoms with E-state index in [9.17, 15) is 0 Å². The average Bonchev–Trinajstić information content (AvgIpc) is 2.15. The van der Waals surface area contributed by atoms with Crippen LogP contribution >= 0.6 is 0 Å². The van der Waals surface area contributed by atoms with Gasteiger partial charge in [0.15, 0.2) is 0 Å². The lowest BCUT2D eigenvalue weighted by molar-refractivity contribution is 0.0451. The summed E-state index contributed by atoms with van der Waals surface area (Å²) in [6.45, 7) is 11.8. The zero-order valence-corrected chi connectivity index (χ0v) is 12.0. The normalized spacial score (nSPS) is 22.4. The molecule has 1 atom stereocenters. The topological polar surface area (TPSA) is 47.3 Å². The van der Waals surface area contributed by atoms with Gasteiger partial charge in [-0.2, -0.15) is 0 Å². The van der Waals surface area contributed by atoms with E-state index in [2.05, 4.69) is 33.0 Å². The van der Waals surface area contributed by atoms with Gasteiger partial charge in [-0.05, 0) is 44.6 Å². The molecule has 1 heterocycles. The van der Waals surface area contributed by atoms with E-state index in [4.69, 9.17) is 10.5 Å². The van der Waals surface area contributed by atoms with Crippen molar-refractivity contribution < 1.29 is 4.74 Å². The summed E-state index contributed by atoms with van der Waals surface area (Å²) in [6.07, 6.45) is 4.38. The standard InChI is InChI=1S/C14H30N2O/c1-13(2,3)11-12(15)5-8-16-14(4)6-9-17-10-7-14/h12,16H,5-11,15H2,1-4H3. The van der Waals surface area contributed by atoms with Crippen molar-refractivity contribution in [3.8, 4) is 0 Å². The SMILES string of the molecule is CC(C)(C)CC(N)CCNC1(C)CCOCC1. The number of hydrogen-bond donors (Lipinski definition) is 2. The fraction of sp³-hybridized carbons (Fsp3) is 1.00. The van der Waals surface area contributed by atoms with Crippen LogP contribution in [0, 0.1) is 5.41 Å². The predicted octanol–water partition coefficient (Wildman–Crippen LogP) is 2.30. The van der Waals surface area contributed by atoms with Crippen molar-refractivity contribution in [2.24, 2.45) is 11.1 Å². The Morgan fingerprint density at radius 2 is 1.88 bits per heavy atom. The van der Waals surface area contributed by atoms with Crippen molar-refractivity contribution in [2.75, 3.05) is 19.8 Å². The molecule has 17 heavy (non-hydrogen) atoms. The Kier molecular flexibility index (Phi) is 5.42. The predicted molar refractivity (Wildman–Crippen MR) is 73.1 cm³/mol. The number of ether oxygens (including phenoxy) is 1. The second-order valence-corrected chi connectivity index (χ2v) is 6.91. The van der Waals surface area contributed by atoms with Crippen molar-refractivity contribution in [3.63, 3.8) is 0 Å². The summed E-state index contributed by atoms with van der Waals surface area (Å²) in [5.41, 5.74) is 6.75. The summed E-state index contributed by atoms with van der Waals surface area (Å²) >= 11 is 0. The molecule has 1 fully saturated rings. The van der Waals surface area contributed by atoms with E-state index < -0.39 is 0 Å². The summed E-state index contributed by atoms with van der Waals surface area (Å²) in [6, 6.07) is 0.311. The molecule has 1 aliphatic heterocycles. The van der Waals surface area contributed by atoms with Crippen molar-refractivity contribution in [1.82, 2.24) is 5.32 Å². The van der Waals surface area contributed by atoms with E-state index in [1.807, 2.05) is 0 Å². The second-order valence-electron chi connectivity index (χ2n) is 6.91. The van der Waals surface area contributed by atoms with Gasteiger partial charge in [0.1, 0.15) is 0 Å². The Labute approximate surface area is 106 Å². The summed E-state index contributed by atoms with van der Waals surface area (Å²) in [4.78, 5) is 0. The van der Waals surface area contributed by atoms with E-state index in [-0.39, 0.29) is 5.54 Å². The zero-order chi connectivity index (χ0) is 12.9. The van der Waals surface area contributed by atoms with E-state index in [0.29, 0.717) is 11.5 Å². The molecule has 0 aromatic carbocycles. The first-order valence-electron chi connectivity index (χ1n) is 6.89. The van der Waals surface area contributed by atoms with Crippen LogP contribution in [-0.4, -0.2) is 31.3 Å². The van der Waals surface area contributed by atoms with E-state index in [1.54, 1.807) is 0 Å². The third kappa shape index (κ3) is 6.39. The maximum atomic E-state index is 6.15. The van der Waals surface area contributed by atoms with Gasteiger partial charge in [0.25, 0.3) is 0 Å². The zero-order valence-electron chi connectivity index (χ0n) is 12.0. The molecule has 1 rings (SSSR count). The van der Waals surface area contributed by atoms with Crippen molar-refractivity contribution in [1.29, 1.82) is 0 Å². The maximum absolute atomic E-state index is 6.15. The molecule has 3 N–H and O–H groups in total. The molecule has 0 radical (unpaired) electrons. The van der Waals surface area contributed by atoms with Gasteiger partial charge in [0, 0.05) is 24.8 Å². The number of hydrogen-bond acceptors (Lipinski definition) is 3. The molecule has 3 nitrogen and oxygen atoms in total. The highest BCUT2D eigenvalue weighted by Crippen LogP contribution is 2.22. The summed E-state index contributed by atoms with van der Waals surface area (Å²) in [7, 11) is 0. The molecule has 0 spiro atoms. The van der Waals surface area contributed by atoms with Gasteiger partial charge in [-0.15, -0.1) is 0 Å². The van der Waals surface area contributed by atoms with Gasteiger partial charge < -0.3 is 15.8 Å². The first-order chi connectivity index (χ1) is 7.81. The lowest BCUT2D eigenvalue weighted by Gasteiger charge is -2.35. The van der Waals surface area contributed by atoms with Crippen LogP contribution in [0.3, 0.4) is 0 Å². The minimum Gasteiger partial charge on any atom is -0.381 e. The van der Waals surface area contributed by atoms with E-state index >= 15 is 0 Å².